The molecule has 0 aliphatic carbocycles. The number of ether oxygens (including phenoxy) is 1. The first-order chi connectivity index (χ1) is 14.6. The standard InChI is InChI=1S/C22H23FN4O2S/c1-12-24-18(11-30-12)13-5-6-15(19(28)9-13)16-7-8-21(27-26-16)29-20-10-14-3-2-4-17(25-14)22(20)23/h5-9,11,14,17,20,22,25,28H,2-4,10H2,1H3/t14?,17?,20-,22+/m0/s1. The summed E-state index contributed by atoms with van der Waals surface area (Å²) in [6.07, 6.45) is 2.06. The second-order valence-corrected chi connectivity index (χ2v) is 9.04. The molecule has 2 fully saturated rings. The molecule has 30 heavy (non-hydrogen) atoms. The van der Waals surface area contributed by atoms with Gasteiger partial charge in [0.15, 0.2) is 6.17 Å². The van der Waals surface area contributed by atoms with E-state index in [0.29, 0.717) is 29.6 Å². The summed E-state index contributed by atoms with van der Waals surface area (Å²) in [6.45, 7) is 1.95. The Morgan fingerprint density at radius 2 is 2.07 bits per heavy atom. The highest BCUT2D eigenvalue weighted by Gasteiger charge is 2.41. The smallest absolute Gasteiger partial charge is 0.233 e. The van der Waals surface area contributed by atoms with Crippen molar-refractivity contribution < 1.29 is 14.2 Å². The fourth-order valence-corrected chi connectivity index (χ4v) is 4.98. The average molecular weight is 427 g/mol. The van der Waals surface area contributed by atoms with Crippen LogP contribution in [-0.4, -0.2) is 44.6 Å². The first-order valence-corrected chi connectivity index (χ1v) is 11.1. The number of halogens is 1. The van der Waals surface area contributed by atoms with E-state index in [0.717, 1.165) is 35.5 Å². The van der Waals surface area contributed by atoms with Crippen LogP contribution in [0.25, 0.3) is 22.5 Å². The number of aryl methyl sites for hydroxylation is 1. The van der Waals surface area contributed by atoms with Crippen molar-refractivity contribution in [2.75, 3.05) is 0 Å². The quantitative estimate of drug-likeness (QED) is 0.648. The minimum Gasteiger partial charge on any atom is -0.507 e. The van der Waals surface area contributed by atoms with Crippen molar-refractivity contribution in [3.05, 3.63) is 40.7 Å². The number of nitrogens with zero attached hydrogens (tertiary/aromatic N) is 3. The predicted octanol–water partition coefficient (Wildman–Crippen LogP) is 4.28. The van der Waals surface area contributed by atoms with Gasteiger partial charge < -0.3 is 15.2 Å². The van der Waals surface area contributed by atoms with Crippen LogP contribution in [0.1, 0.15) is 30.7 Å². The maximum Gasteiger partial charge on any atom is 0.233 e. The topological polar surface area (TPSA) is 80.2 Å². The molecule has 0 spiro atoms. The third kappa shape index (κ3) is 3.77. The van der Waals surface area contributed by atoms with Gasteiger partial charge in [0.05, 0.1) is 16.4 Å². The van der Waals surface area contributed by atoms with Gasteiger partial charge in [-0.05, 0) is 38.0 Å². The largest absolute Gasteiger partial charge is 0.507 e. The van der Waals surface area contributed by atoms with E-state index in [9.17, 15) is 9.50 Å². The number of phenolic OH excluding ortho intramolecular Hbond substituents is 1. The average Bonchev–Trinajstić information content (AvgIpc) is 3.19. The van der Waals surface area contributed by atoms with Crippen LogP contribution in [-0.2, 0) is 0 Å². The van der Waals surface area contributed by atoms with Crippen LogP contribution in [0, 0.1) is 6.92 Å². The number of aromatic nitrogens is 3. The highest BCUT2D eigenvalue weighted by atomic mass is 32.1. The van der Waals surface area contributed by atoms with Gasteiger partial charge in [0.1, 0.15) is 11.9 Å². The minimum atomic E-state index is -1.05. The second kappa shape index (κ2) is 7.92. The molecule has 2 bridgehead atoms. The zero-order valence-corrected chi connectivity index (χ0v) is 17.4. The third-order valence-electron chi connectivity index (χ3n) is 5.87. The van der Waals surface area contributed by atoms with Gasteiger partial charge in [0, 0.05) is 41.1 Å². The summed E-state index contributed by atoms with van der Waals surface area (Å²) in [6, 6.07) is 8.98. The molecular formula is C22H23FN4O2S. The lowest BCUT2D eigenvalue weighted by Crippen LogP contribution is -2.59. The molecule has 2 N–H and O–H groups in total. The van der Waals surface area contributed by atoms with Crippen molar-refractivity contribution in [2.45, 2.75) is 57.0 Å². The Morgan fingerprint density at radius 3 is 2.80 bits per heavy atom. The van der Waals surface area contributed by atoms with E-state index < -0.39 is 12.3 Å². The summed E-state index contributed by atoms with van der Waals surface area (Å²) in [5.41, 5.74) is 2.78. The monoisotopic (exact) mass is 426 g/mol. The van der Waals surface area contributed by atoms with Crippen LogP contribution in [0.5, 0.6) is 11.6 Å². The number of fused-ring (bicyclic) bond motifs is 2. The van der Waals surface area contributed by atoms with Gasteiger partial charge >= 0.3 is 0 Å². The summed E-state index contributed by atoms with van der Waals surface area (Å²) >= 11 is 1.57. The van der Waals surface area contributed by atoms with E-state index in [2.05, 4.69) is 20.5 Å². The van der Waals surface area contributed by atoms with Crippen LogP contribution >= 0.6 is 11.3 Å². The molecule has 0 amide bonds. The van der Waals surface area contributed by atoms with Gasteiger partial charge in [-0.2, -0.15) is 0 Å². The molecule has 2 unspecified atom stereocenters. The Balaban J connectivity index is 1.31. The molecular weight excluding hydrogens is 403 g/mol. The van der Waals surface area contributed by atoms with Crippen molar-refractivity contribution in [2.24, 2.45) is 0 Å². The van der Waals surface area contributed by atoms with Crippen LogP contribution in [0.3, 0.4) is 0 Å². The van der Waals surface area contributed by atoms with E-state index in [4.69, 9.17) is 4.74 Å². The SMILES string of the molecule is Cc1nc(-c2ccc(-c3ccc(O[C@H]4CC5CCCC(N5)[C@H]4F)nn3)c(O)c2)cs1. The van der Waals surface area contributed by atoms with Gasteiger partial charge in [0.25, 0.3) is 0 Å². The molecule has 4 atom stereocenters. The Labute approximate surface area is 178 Å². The first kappa shape index (κ1) is 19.4. The molecule has 4 heterocycles. The van der Waals surface area contributed by atoms with Gasteiger partial charge in [-0.15, -0.1) is 21.5 Å². The summed E-state index contributed by atoms with van der Waals surface area (Å²) in [5, 5.41) is 25.1. The molecule has 156 valence electrons. The van der Waals surface area contributed by atoms with Crippen LogP contribution < -0.4 is 10.1 Å². The summed E-state index contributed by atoms with van der Waals surface area (Å²) < 4.78 is 20.6. The highest BCUT2D eigenvalue weighted by molar-refractivity contribution is 7.09. The van der Waals surface area contributed by atoms with Gasteiger partial charge in [0.2, 0.25) is 5.88 Å². The van der Waals surface area contributed by atoms with E-state index in [1.54, 1.807) is 35.6 Å². The molecule has 2 saturated heterocycles. The first-order valence-electron chi connectivity index (χ1n) is 10.2. The predicted molar refractivity (Wildman–Crippen MR) is 113 cm³/mol. The Bertz CT molecular complexity index is 1040. The molecule has 0 radical (unpaired) electrons. The fraction of sp³-hybridized carbons (Fsp3) is 0.409. The van der Waals surface area contributed by atoms with E-state index in [-0.39, 0.29) is 11.8 Å². The van der Waals surface area contributed by atoms with Crippen molar-refractivity contribution in [1.29, 1.82) is 0 Å². The maximum atomic E-state index is 14.7. The van der Waals surface area contributed by atoms with E-state index in [1.165, 1.54) is 0 Å². The zero-order valence-electron chi connectivity index (χ0n) is 16.6. The number of benzene rings is 1. The molecule has 8 heteroatoms. The Hall–Kier alpha value is -2.58. The number of thiazole rings is 1. The van der Waals surface area contributed by atoms with Crippen LogP contribution in [0.2, 0.25) is 0 Å². The fourth-order valence-electron chi connectivity index (χ4n) is 4.36. The number of nitrogens with one attached hydrogen (secondary N) is 1. The number of alkyl halides is 1. The van der Waals surface area contributed by atoms with Crippen molar-refractivity contribution in [1.82, 2.24) is 20.5 Å². The molecule has 0 saturated carbocycles. The van der Waals surface area contributed by atoms with Crippen molar-refractivity contribution >= 4 is 11.3 Å². The summed E-state index contributed by atoms with van der Waals surface area (Å²) in [7, 11) is 0. The van der Waals surface area contributed by atoms with Crippen molar-refractivity contribution in [3.63, 3.8) is 0 Å². The van der Waals surface area contributed by atoms with E-state index in [1.807, 2.05) is 18.4 Å². The van der Waals surface area contributed by atoms with E-state index >= 15 is 0 Å². The lowest BCUT2D eigenvalue weighted by Gasteiger charge is -2.42. The van der Waals surface area contributed by atoms with Gasteiger partial charge in [-0.3, -0.25) is 0 Å². The summed E-state index contributed by atoms with van der Waals surface area (Å²) in [4.78, 5) is 4.45. The number of phenols is 1. The Kier molecular flexibility index (Phi) is 5.12. The maximum absolute atomic E-state index is 14.7. The normalized spacial score (nSPS) is 25.8. The highest BCUT2D eigenvalue weighted by Crippen LogP contribution is 2.34. The molecule has 2 aromatic heterocycles. The Morgan fingerprint density at radius 1 is 1.17 bits per heavy atom. The van der Waals surface area contributed by atoms with Crippen molar-refractivity contribution in [3.8, 4) is 34.1 Å². The van der Waals surface area contributed by atoms with Gasteiger partial charge in [-0.25, -0.2) is 9.37 Å². The number of hydrogen-bond acceptors (Lipinski definition) is 7. The van der Waals surface area contributed by atoms with Gasteiger partial charge in [-0.1, -0.05) is 12.5 Å². The number of piperidine rings is 2. The molecule has 2 aliphatic rings. The number of hydrogen-bond donors (Lipinski definition) is 2. The molecule has 1 aromatic carbocycles. The zero-order chi connectivity index (χ0) is 20.7. The van der Waals surface area contributed by atoms with Crippen LogP contribution in [0.4, 0.5) is 4.39 Å². The molecule has 6 nitrogen and oxygen atoms in total. The minimum absolute atomic E-state index is 0.108. The van der Waals surface area contributed by atoms with Crippen LogP contribution in [0.15, 0.2) is 35.7 Å². The third-order valence-corrected chi connectivity index (χ3v) is 6.65. The molecule has 2 aliphatic heterocycles. The second-order valence-electron chi connectivity index (χ2n) is 7.98. The molecule has 5 rings (SSSR count). The number of rotatable bonds is 4. The molecule has 3 aromatic rings. The lowest BCUT2D eigenvalue weighted by atomic mass is 9.84. The summed E-state index contributed by atoms with van der Waals surface area (Å²) in [5.74, 6) is 0.413. The lowest BCUT2D eigenvalue weighted by molar-refractivity contribution is 0.00652. The number of aromatic hydroxyl groups is 1.